The molecule has 0 aliphatic rings. The molecule has 4 nitrogen and oxygen atoms in total. The molecule has 0 saturated carbocycles. The van der Waals surface area contributed by atoms with Crippen LogP contribution in [-0.4, -0.2) is 16.1 Å². The molecule has 0 bridgehead atoms. The van der Waals surface area contributed by atoms with Crippen LogP contribution in [-0.2, 0) is 4.79 Å². The van der Waals surface area contributed by atoms with E-state index in [0.717, 1.165) is 0 Å². The summed E-state index contributed by atoms with van der Waals surface area (Å²) in [6, 6.07) is 8.63. The molecule has 1 unspecified atom stereocenters. The van der Waals surface area contributed by atoms with Crippen LogP contribution in [0.1, 0.15) is 20.3 Å². The molecule has 0 heterocycles. The number of phenols is 2. The molecule has 0 saturated heterocycles. The molecule has 2 aromatic rings. The first kappa shape index (κ1) is 15.8. The number of hydrogen-bond acceptors (Lipinski definition) is 3. The summed E-state index contributed by atoms with van der Waals surface area (Å²) in [5.41, 5.74) is 1.43. The highest BCUT2D eigenvalue weighted by Crippen LogP contribution is 2.31. The zero-order valence-corrected chi connectivity index (χ0v) is 12.4. The molecule has 5 heteroatoms. The van der Waals surface area contributed by atoms with Gasteiger partial charge in [0.2, 0.25) is 5.91 Å². The molecule has 0 spiro atoms. The Labute approximate surface area is 128 Å². The predicted octanol–water partition coefficient (Wildman–Crippen LogP) is 3.89. The van der Waals surface area contributed by atoms with Crippen molar-refractivity contribution < 1.29 is 19.4 Å². The van der Waals surface area contributed by atoms with Gasteiger partial charge in [0.1, 0.15) is 5.75 Å². The quantitative estimate of drug-likeness (QED) is 0.751. The molecular weight excluding hydrogens is 285 g/mol. The summed E-state index contributed by atoms with van der Waals surface area (Å²) in [5, 5.41) is 21.7. The van der Waals surface area contributed by atoms with Crippen LogP contribution in [0.2, 0.25) is 0 Å². The van der Waals surface area contributed by atoms with Crippen molar-refractivity contribution in [3.05, 3.63) is 42.2 Å². The maximum Gasteiger partial charge on any atom is 0.227 e. The maximum atomic E-state index is 13.4. The van der Waals surface area contributed by atoms with Crippen LogP contribution >= 0.6 is 0 Å². The van der Waals surface area contributed by atoms with E-state index in [1.165, 1.54) is 18.2 Å². The Balaban J connectivity index is 2.33. The second-order valence-electron chi connectivity index (χ2n) is 5.20. The SMILES string of the molecule is CCC(C)C(=O)Nc1cc(-c2ccc(O)c(F)c2)ccc1O. The van der Waals surface area contributed by atoms with Crippen LogP contribution in [0.4, 0.5) is 10.1 Å². The van der Waals surface area contributed by atoms with Gasteiger partial charge >= 0.3 is 0 Å². The largest absolute Gasteiger partial charge is 0.506 e. The summed E-state index contributed by atoms with van der Waals surface area (Å²) in [6.45, 7) is 3.70. The number of halogens is 1. The number of carbonyl (C=O) groups is 1. The molecule has 0 radical (unpaired) electrons. The van der Waals surface area contributed by atoms with E-state index in [1.54, 1.807) is 25.1 Å². The lowest BCUT2D eigenvalue weighted by atomic mass is 10.0. The summed E-state index contributed by atoms with van der Waals surface area (Å²) >= 11 is 0. The standard InChI is InChI=1S/C17H18FNO3/c1-3-10(2)17(22)19-14-9-12(5-7-16(14)21)11-4-6-15(20)13(18)8-11/h4-10,20-21H,3H2,1-2H3,(H,19,22). The number of benzene rings is 2. The van der Waals surface area contributed by atoms with Gasteiger partial charge in [-0.2, -0.15) is 0 Å². The van der Waals surface area contributed by atoms with Gasteiger partial charge in [0.15, 0.2) is 11.6 Å². The number of carbonyl (C=O) groups excluding carboxylic acids is 1. The van der Waals surface area contributed by atoms with Gasteiger partial charge in [-0.25, -0.2) is 4.39 Å². The second kappa shape index (κ2) is 6.47. The average molecular weight is 303 g/mol. The van der Waals surface area contributed by atoms with Crippen molar-refractivity contribution in [2.45, 2.75) is 20.3 Å². The minimum Gasteiger partial charge on any atom is -0.506 e. The van der Waals surface area contributed by atoms with Crippen molar-refractivity contribution >= 4 is 11.6 Å². The number of aromatic hydroxyl groups is 2. The summed E-state index contributed by atoms with van der Waals surface area (Å²) in [7, 11) is 0. The van der Waals surface area contributed by atoms with E-state index in [-0.39, 0.29) is 23.3 Å². The third-order valence-electron chi connectivity index (χ3n) is 3.60. The molecule has 1 atom stereocenters. The van der Waals surface area contributed by atoms with Crippen LogP contribution < -0.4 is 5.32 Å². The fourth-order valence-electron chi connectivity index (χ4n) is 1.94. The lowest BCUT2D eigenvalue weighted by Gasteiger charge is -2.13. The number of nitrogens with one attached hydrogen (secondary N) is 1. The second-order valence-corrected chi connectivity index (χ2v) is 5.20. The van der Waals surface area contributed by atoms with Crippen molar-refractivity contribution in [2.24, 2.45) is 5.92 Å². The Bertz CT molecular complexity index is 700. The Morgan fingerprint density at radius 2 is 1.73 bits per heavy atom. The third kappa shape index (κ3) is 3.36. The first-order valence-electron chi connectivity index (χ1n) is 7.05. The molecule has 3 N–H and O–H groups in total. The van der Waals surface area contributed by atoms with Gasteiger partial charge in [-0.3, -0.25) is 4.79 Å². The number of amides is 1. The van der Waals surface area contributed by atoms with Crippen LogP contribution in [0, 0.1) is 11.7 Å². The maximum absolute atomic E-state index is 13.4. The zero-order chi connectivity index (χ0) is 16.3. The van der Waals surface area contributed by atoms with Crippen LogP contribution in [0.25, 0.3) is 11.1 Å². The van der Waals surface area contributed by atoms with Crippen LogP contribution in [0.5, 0.6) is 11.5 Å². The van der Waals surface area contributed by atoms with Gasteiger partial charge in [0.25, 0.3) is 0 Å². The Morgan fingerprint density at radius 3 is 2.32 bits per heavy atom. The molecule has 0 aromatic heterocycles. The topological polar surface area (TPSA) is 69.6 Å². The van der Waals surface area contributed by atoms with Crippen molar-refractivity contribution in [1.29, 1.82) is 0 Å². The predicted molar refractivity (Wildman–Crippen MR) is 83.3 cm³/mol. The first-order valence-corrected chi connectivity index (χ1v) is 7.05. The van der Waals surface area contributed by atoms with E-state index in [4.69, 9.17) is 0 Å². The van der Waals surface area contributed by atoms with Gasteiger partial charge in [-0.05, 0) is 41.8 Å². The molecule has 116 valence electrons. The normalized spacial score (nSPS) is 12.0. The highest BCUT2D eigenvalue weighted by molar-refractivity contribution is 5.94. The lowest BCUT2D eigenvalue weighted by molar-refractivity contribution is -0.119. The van der Waals surface area contributed by atoms with Crippen molar-refractivity contribution in [1.82, 2.24) is 0 Å². The van der Waals surface area contributed by atoms with Crippen LogP contribution in [0.15, 0.2) is 36.4 Å². The number of phenolic OH excluding ortho intramolecular Hbond substituents is 2. The molecule has 0 aliphatic heterocycles. The minimum atomic E-state index is -0.726. The Kier molecular flexibility index (Phi) is 4.65. The first-order chi connectivity index (χ1) is 10.4. The van der Waals surface area contributed by atoms with Crippen molar-refractivity contribution in [3.8, 4) is 22.6 Å². The molecule has 22 heavy (non-hydrogen) atoms. The highest BCUT2D eigenvalue weighted by atomic mass is 19.1. The summed E-state index contributed by atoms with van der Waals surface area (Å²) in [6.07, 6.45) is 0.690. The highest BCUT2D eigenvalue weighted by Gasteiger charge is 2.14. The van der Waals surface area contributed by atoms with Gasteiger partial charge in [0, 0.05) is 5.92 Å². The van der Waals surface area contributed by atoms with Crippen LogP contribution in [0.3, 0.4) is 0 Å². The van der Waals surface area contributed by atoms with Crippen molar-refractivity contribution in [3.63, 3.8) is 0 Å². The molecule has 2 rings (SSSR count). The Hall–Kier alpha value is -2.56. The van der Waals surface area contributed by atoms with E-state index in [0.29, 0.717) is 17.5 Å². The molecular formula is C17H18FNO3. The van der Waals surface area contributed by atoms with E-state index in [9.17, 15) is 19.4 Å². The monoisotopic (exact) mass is 303 g/mol. The van der Waals surface area contributed by atoms with E-state index in [2.05, 4.69) is 5.32 Å². The molecule has 0 aliphatic carbocycles. The van der Waals surface area contributed by atoms with Gasteiger partial charge in [0.05, 0.1) is 5.69 Å². The van der Waals surface area contributed by atoms with Gasteiger partial charge < -0.3 is 15.5 Å². The number of anilines is 1. The molecule has 0 fully saturated rings. The third-order valence-corrected chi connectivity index (χ3v) is 3.60. The van der Waals surface area contributed by atoms with Gasteiger partial charge in [-0.1, -0.05) is 26.0 Å². The lowest BCUT2D eigenvalue weighted by Crippen LogP contribution is -2.19. The Morgan fingerprint density at radius 1 is 1.14 bits per heavy atom. The smallest absolute Gasteiger partial charge is 0.227 e. The number of rotatable bonds is 4. The minimum absolute atomic E-state index is 0.0559. The summed E-state index contributed by atoms with van der Waals surface area (Å²) in [4.78, 5) is 11.9. The van der Waals surface area contributed by atoms with Crippen molar-refractivity contribution in [2.75, 3.05) is 5.32 Å². The molecule has 1 amide bonds. The molecule has 2 aromatic carbocycles. The fraction of sp³-hybridized carbons (Fsp3) is 0.235. The summed E-state index contributed by atoms with van der Waals surface area (Å²) < 4.78 is 13.4. The zero-order valence-electron chi connectivity index (χ0n) is 12.4. The fourth-order valence-corrected chi connectivity index (χ4v) is 1.94. The van der Waals surface area contributed by atoms with E-state index < -0.39 is 11.6 Å². The van der Waals surface area contributed by atoms with E-state index in [1.807, 2.05) is 6.92 Å². The summed E-state index contributed by atoms with van der Waals surface area (Å²) in [5.74, 6) is -1.57. The average Bonchev–Trinajstić information content (AvgIpc) is 2.51. The number of hydrogen-bond donors (Lipinski definition) is 3. The van der Waals surface area contributed by atoms with Gasteiger partial charge in [-0.15, -0.1) is 0 Å². The van der Waals surface area contributed by atoms with E-state index >= 15 is 0 Å².